The first-order chi connectivity index (χ1) is 24.0. The number of thioether (sulfide) groups is 1. The van der Waals surface area contributed by atoms with Crippen LogP contribution < -0.4 is 0 Å². The number of aliphatic hydroxyl groups is 1. The third-order valence-electron chi connectivity index (χ3n) is 7.72. The lowest BCUT2D eigenvalue weighted by Gasteiger charge is -2.27. The minimum absolute atomic E-state index is 0.0798. The average molecular weight is 757 g/mol. The highest BCUT2D eigenvalue weighted by Crippen LogP contribution is 2.34. The molecule has 1 unspecified atom stereocenters. The van der Waals surface area contributed by atoms with Gasteiger partial charge in [0.25, 0.3) is 0 Å². The number of hydrogen-bond donors (Lipinski definition) is 2. The molecule has 0 aliphatic heterocycles. The van der Waals surface area contributed by atoms with Gasteiger partial charge >= 0.3 is 12.1 Å². The number of carboxylic acids is 1. The van der Waals surface area contributed by atoms with Crippen molar-refractivity contribution in [2.24, 2.45) is 0 Å². The highest BCUT2D eigenvalue weighted by Gasteiger charge is 2.23. The van der Waals surface area contributed by atoms with E-state index in [4.69, 9.17) is 40.9 Å². The molecule has 0 saturated heterocycles. The summed E-state index contributed by atoms with van der Waals surface area (Å²) in [7, 11) is -1.29. The first-order valence-corrected chi connectivity index (χ1v) is 21.9. The summed E-state index contributed by atoms with van der Waals surface area (Å²) in [6, 6.07) is 18.7. The number of halogens is 1. The number of aromatic nitrogens is 3. The molecule has 276 valence electrons. The van der Waals surface area contributed by atoms with E-state index >= 15 is 0 Å². The van der Waals surface area contributed by atoms with E-state index < -0.39 is 31.0 Å². The molecular formula is C37H49ClN4O7SSi. The van der Waals surface area contributed by atoms with Gasteiger partial charge in [-0.1, -0.05) is 91.5 Å². The molecule has 0 saturated carbocycles. The molecule has 14 heteroatoms. The number of hydrogen-bond acceptors (Lipinski definition) is 9. The second-order valence-corrected chi connectivity index (χ2v) is 21.8. The summed E-state index contributed by atoms with van der Waals surface area (Å²) < 4.78 is 18.9. The summed E-state index contributed by atoms with van der Waals surface area (Å²) in [6.07, 6.45) is -0.428. The molecule has 2 heterocycles. The normalized spacial score (nSPS) is 12.6. The fourth-order valence-corrected chi connectivity index (χ4v) is 6.76. The summed E-state index contributed by atoms with van der Waals surface area (Å²) in [6.45, 7) is 15.9. The number of carbonyl (C=O) groups excluding carboxylic acids is 1. The van der Waals surface area contributed by atoms with Gasteiger partial charge in [-0.25, -0.2) is 14.8 Å². The summed E-state index contributed by atoms with van der Waals surface area (Å²) in [5.74, 6) is -0.928. The molecule has 0 fully saturated rings. The molecule has 0 bridgehead atoms. The van der Waals surface area contributed by atoms with Crippen LogP contribution in [0.4, 0.5) is 4.79 Å². The van der Waals surface area contributed by atoms with Gasteiger partial charge in [0.15, 0.2) is 10.8 Å². The monoisotopic (exact) mass is 756 g/mol. The fraction of sp³-hybridized carbons (Fsp3) is 0.459. The van der Waals surface area contributed by atoms with Crippen molar-refractivity contribution in [1.82, 2.24) is 19.4 Å². The highest BCUT2D eigenvalue weighted by molar-refractivity contribution is 8.00. The average Bonchev–Trinajstić information content (AvgIpc) is 3.38. The minimum atomic E-state index is -1.29. The van der Waals surface area contributed by atoms with Gasteiger partial charge in [0.05, 0.1) is 36.1 Å². The molecule has 1 atom stereocenters. The van der Waals surface area contributed by atoms with E-state index in [2.05, 4.69) is 19.6 Å². The fourth-order valence-electron chi connectivity index (χ4n) is 4.91. The predicted molar refractivity (Wildman–Crippen MR) is 205 cm³/mol. The number of aliphatic hydroxyl groups excluding tert-OH is 1. The van der Waals surface area contributed by atoms with Crippen molar-refractivity contribution in [1.29, 1.82) is 0 Å². The molecule has 4 rings (SSSR count). The zero-order valence-electron chi connectivity index (χ0n) is 30.4. The van der Waals surface area contributed by atoms with Gasteiger partial charge in [-0.3, -0.25) is 9.36 Å². The van der Waals surface area contributed by atoms with Crippen LogP contribution in [0.25, 0.3) is 33.5 Å². The molecule has 51 heavy (non-hydrogen) atoms. The first kappa shape index (κ1) is 40.3. The van der Waals surface area contributed by atoms with Gasteiger partial charge in [0.2, 0.25) is 0 Å². The van der Waals surface area contributed by atoms with Crippen molar-refractivity contribution >= 4 is 54.7 Å². The summed E-state index contributed by atoms with van der Waals surface area (Å²) in [5.41, 5.74) is 4.82. The van der Waals surface area contributed by atoms with Crippen molar-refractivity contribution in [3.05, 3.63) is 65.2 Å². The maximum atomic E-state index is 12.9. The molecule has 2 N–H and O–H groups in total. The van der Waals surface area contributed by atoms with Crippen LogP contribution in [0.15, 0.2) is 59.8 Å². The quantitative estimate of drug-likeness (QED) is 0.0619. The minimum Gasteiger partial charge on any atom is -0.480 e. The lowest BCUT2D eigenvalue weighted by atomic mass is 10.0. The molecule has 2 aromatic carbocycles. The Balaban J connectivity index is 1.52. The number of carboxylic acid groups (broad SMARTS) is 1. The number of pyridine rings is 1. The lowest BCUT2D eigenvalue weighted by molar-refractivity contribution is -0.136. The number of rotatable bonds is 17. The molecular weight excluding hydrogens is 708 g/mol. The number of imidazole rings is 1. The van der Waals surface area contributed by atoms with E-state index in [0.717, 1.165) is 40.1 Å². The standard InChI is InChI=1S/C37H49ClN4O7SSi/c1-25(34(44)45)50-35-40-33-31(42(35)24-48-20-21-51(5,6)7)22-30(38)32(39-33)29-14-12-28(13-15-29)27-10-8-26(9-11-27)23-41(16-18-47-19-17-43)36(46)49-37(2,3)4/h8-15,22,25,43H,16-21,23-24H2,1-7H3,(H,44,45). The zero-order valence-corrected chi connectivity index (χ0v) is 33.0. The molecule has 2 aromatic heterocycles. The van der Waals surface area contributed by atoms with Crippen molar-refractivity contribution < 1.29 is 34.0 Å². The van der Waals surface area contributed by atoms with Gasteiger partial charge in [-0.05, 0) is 56.5 Å². The van der Waals surface area contributed by atoms with E-state index in [0.29, 0.717) is 46.7 Å². The Labute approximate surface area is 310 Å². The van der Waals surface area contributed by atoms with Crippen molar-refractivity contribution in [3.63, 3.8) is 0 Å². The highest BCUT2D eigenvalue weighted by atomic mass is 35.5. The number of fused-ring (bicyclic) bond motifs is 1. The van der Waals surface area contributed by atoms with Crippen molar-refractivity contribution in [2.75, 3.05) is 33.0 Å². The number of nitrogens with zero attached hydrogens (tertiary/aromatic N) is 4. The zero-order chi connectivity index (χ0) is 37.3. The maximum Gasteiger partial charge on any atom is 0.410 e. The van der Waals surface area contributed by atoms with Crippen LogP contribution in [0.2, 0.25) is 30.7 Å². The van der Waals surface area contributed by atoms with Gasteiger partial charge in [-0.15, -0.1) is 0 Å². The number of ether oxygens (including phenoxy) is 3. The summed E-state index contributed by atoms with van der Waals surface area (Å²) >= 11 is 7.97. The van der Waals surface area contributed by atoms with Gasteiger partial charge in [0, 0.05) is 33.3 Å². The van der Waals surface area contributed by atoms with Crippen LogP contribution in [0.3, 0.4) is 0 Å². The van der Waals surface area contributed by atoms with Crippen LogP contribution in [-0.4, -0.2) is 93.6 Å². The Bertz CT molecular complexity index is 1770. The van der Waals surface area contributed by atoms with Crippen LogP contribution in [-0.2, 0) is 32.3 Å². The molecule has 1 amide bonds. The molecule has 0 aliphatic carbocycles. The first-order valence-electron chi connectivity index (χ1n) is 16.9. The Hall–Kier alpha value is -3.46. The van der Waals surface area contributed by atoms with E-state index in [1.165, 1.54) is 0 Å². The molecule has 0 spiro atoms. The lowest BCUT2D eigenvalue weighted by Crippen LogP contribution is -2.38. The smallest absolute Gasteiger partial charge is 0.410 e. The summed E-state index contributed by atoms with van der Waals surface area (Å²) in [4.78, 5) is 35.7. The SMILES string of the molecule is CC(Sc1nc2nc(-c3ccc(-c4ccc(CN(CCOCCO)C(=O)OC(C)(C)C)cc4)cc3)c(Cl)cc2n1COCC[Si](C)(C)C)C(=O)O. The summed E-state index contributed by atoms with van der Waals surface area (Å²) in [5, 5.41) is 18.8. The number of carbonyl (C=O) groups is 2. The number of benzene rings is 2. The molecule has 4 aromatic rings. The maximum absolute atomic E-state index is 12.9. The van der Waals surface area contributed by atoms with E-state index in [1.807, 2.05) is 79.9 Å². The number of aliphatic carboxylic acids is 1. The Morgan fingerprint density at radius 2 is 1.59 bits per heavy atom. The van der Waals surface area contributed by atoms with Gasteiger partial charge in [0.1, 0.15) is 17.6 Å². The van der Waals surface area contributed by atoms with Crippen LogP contribution in [0.5, 0.6) is 0 Å². The third-order valence-corrected chi connectivity index (χ3v) is 10.8. The Morgan fingerprint density at radius 3 is 2.18 bits per heavy atom. The third kappa shape index (κ3) is 12.0. The molecule has 11 nitrogen and oxygen atoms in total. The van der Waals surface area contributed by atoms with Crippen molar-refractivity contribution in [2.45, 2.75) is 82.7 Å². The Kier molecular flexibility index (Phi) is 14.1. The Morgan fingerprint density at radius 1 is 0.961 bits per heavy atom. The van der Waals surface area contributed by atoms with Crippen molar-refractivity contribution in [3.8, 4) is 22.4 Å². The van der Waals surface area contributed by atoms with Crippen LogP contribution >= 0.6 is 23.4 Å². The van der Waals surface area contributed by atoms with E-state index in [9.17, 15) is 14.7 Å². The predicted octanol–water partition coefficient (Wildman–Crippen LogP) is 8.04. The van der Waals surface area contributed by atoms with Crippen LogP contribution in [0.1, 0.15) is 33.3 Å². The van der Waals surface area contributed by atoms with E-state index in [1.54, 1.807) is 11.8 Å². The molecule has 0 aliphatic rings. The second kappa shape index (κ2) is 17.8. The van der Waals surface area contributed by atoms with Crippen LogP contribution in [0, 0.1) is 0 Å². The number of amides is 1. The topological polar surface area (TPSA) is 136 Å². The van der Waals surface area contributed by atoms with Gasteiger partial charge < -0.3 is 29.3 Å². The molecule has 0 radical (unpaired) electrons. The van der Waals surface area contributed by atoms with E-state index in [-0.39, 0.29) is 26.6 Å². The second-order valence-electron chi connectivity index (χ2n) is 14.4. The van der Waals surface area contributed by atoms with Gasteiger partial charge in [-0.2, -0.15) is 0 Å². The largest absolute Gasteiger partial charge is 0.480 e.